The van der Waals surface area contributed by atoms with Crippen LogP contribution in [0.15, 0.2) is 18.2 Å². The van der Waals surface area contributed by atoms with Crippen molar-refractivity contribution in [2.45, 2.75) is 0 Å². The topological polar surface area (TPSA) is 55.6 Å². The van der Waals surface area contributed by atoms with Gasteiger partial charge in [-0.05, 0) is 32.3 Å². The van der Waals surface area contributed by atoms with E-state index in [0.29, 0.717) is 13.2 Å². The van der Waals surface area contributed by atoms with Gasteiger partial charge in [-0.25, -0.2) is 9.18 Å². The molecule has 0 saturated heterocycles. The second-order valence-corrected chi connectivity index (χ2v) is 3.68. The first-order valence-electron chi connectivity index (χ1n) is 4.87. The number of benzene rings is 1. The van der Waals surface area contributed by atoms with Crippen molar-refractivity contribution in [1.29, 1.82) is 0 Å². The highest BCUT2D eigenvalue weighted by molar-refractivity contribution is 5.90. The van der Waals surface area contributed by atoms with Gasteiger partial charge < -0.3 is 15.4 Å². The highest BCUT2D eigenvalue weighted by Crippen LogP contribution is 2.12. The van der Waals surface area contributed by atoms with E-state index >= 15 is 0 Å². The van der Waals surface area contributed by atoms with E-state index in [2.05, 4.69) is 0 Å². The molecule has 2 N–H and O–H groups in total. The number of ether oxygens (including phenoxy) is 1. The zero-order valence-electron chi connectivity index (χ0n) is 9.37. The number of hydrogen-bond acceptors (Lipinski definition) is 4. The Morgan fingerprint density at radius 2 is 2.19 bits per heavy atom. The van der Waals surface area contributed by atoms with Crippen molar-refractivity contribution in [1.82, 2.24) is 4.90 Å². The minimum absolute atomic E-state index is 0.0536. The molecule has 0 atom stereocenters. The lowest BCUT2D eigenvalue weighted by Gasteiger charge is -2.10. The Balaban J connectivity index is 2.56. The van der Waals surface area contributed by atoms with Gasteiger partial charge in [0, 0.05) is 6.54 Å². The van der Waals surface area contributed by atoms with E-state index < -0.39 is 11.8 Å². The largest absolute Gasteiger partial charge is 0.461 e. The quantitative estimate of drug-likeness (QED) is 0.617. The molecule has 16 heavy (non-hydrogen) atoms. The summed E-state index contributed by atoms with van der Waals surface area (Å²) in [6.07, 6.45) is 0. The summed E-state index contributed by atoms with van der Waals surface area (Å²) in [6.45, 7) is 0.936. The standard InChI is InChI=1S/C11H15FN2O2/c1-14(2)5-6-16-11(15)8-3-4-9(12)10(13)7-8/h3-4,7H,5-6,13H2,1-2H3. The van der Waals surface area contributed by atoms with Gasteiger partial charge in [-0.15, -0.1) is 0 Å². The monoisotopic (exact) mass is 226 g/mol. The molecule has 0 unspecified atom stereocenters. The molecule has 4 nitrogen and oxygen atoms in total. The maximum atomic E-state index is 12.8. The van der Waals surface area contributed by atoms with Crippen molar-refractivity contribution in [3.05, 3.63) is 29.6 Å². The molecule has 0 saturated carbocycles. The van der Waals surface area contributed by atoms with E-state index in [1.165, 1.54) is 12.1 Å². The number of rotatable bonds is 4. The van der Waals surface area contributed by atoms with Crippen molar-refractivity contribution >= 4 is 11.7 Å². The lowest BCUT2D eigenvalue weighted by Crippen LogP contribution is -2.20. The first-order chi connectivity index (χ1) is 7.50. The molecule has 0 fully saturated rings. The van der Waals surface area contributed by atoms with Gasteiger partial charge >= 0.3 is 5.97 Å². The Hall–Kier alpha value is -1.62. The SMILES string of the molecule is CN(C)CCOC(=O)c1ccc(F)c(N)c1. The third-order valence-corrected chi connectivity index (χ3v) is 2.00. The summed E-state index contributed by atoms with van der Waals surface area (Å²) in [5.41, 5.74) is 5.55. The zero-order valence-corrected chi connectivity index (χ0v) is 9.37. The molecule has 0 aliphatic carbocycles. The molecule has 1 aromatic carbocycles. The average Bonchev–Trinajstić information content (AvgIpc) is 2.21. The van der Waals surface area contributed by atoms with Gasteiger partial charge in [0.2, 0.25) is 0 Å². The number of carbonyl (C=O) groups excluding carboxylic acids is 1. The highest BCUT2D eigenvalue weighted by atomic mass is 19.1. The van der Waals surface area contributed by atoms with Gasteiger partial charge in [0.1, 0.15) is 12.4 Å². The van der Waals surface area contributed by atoms with Crippen molar-refractivity contribution in [2.75, 3.05) is 33.0 Å². The molecule has 88 valence electrons. The molecule has 0 aliphatic heterocycles. The number of hydrogen-bond donors (Lipinski definition) is 1. The Morgan fingerprint density at radius 1 is 1.50 bits per heavy atom. The van der Waals surface area contributed by atoms with Crippen LogP contribution >= 0.6 is 0 Å². The molecule has 1 aromatic rings. The van der Waals surface area contributed by atoms with Crippen LogP contribution in [0.1, 0.15) is 10.4 Å². The smallest absolute Gasteiger partial charge is 0.338 e. The molecular formula is C11H15FN2O2. The molecule has 0 aromatic heterocycles. The van der Waals surface area contributed by atoms with Crippen LogP contribution in [0, 0.1) is 5.82 Å². The second-order valence-electron chi connectivity index (χ2n) is 3.68. The fourth-order valence-corrected chi connectivity index (χ4v) is 1.07. The molecule has 0 radical (unpaired) electrons. The van der Waals surface area contributed by atoms with E-state index in [9.17, 15) is 9.18 Å². The summed E-state index contributed by atoms with van der Waals surface area (Å²) in [5, 5.41) is 0. The molecule has 5 heteroatoms. The van der Waals surface area contributed by atoms with Crippen LogP contribution in [-0.4, -0.2) is 38.1 Å². The lowest BCUT2D eigenvalue weighted by atomic mass is 10.2. The van der Waals surface area contributed by atoms with Crippen molar-refractivity contribution in [3.63, 3.8) is 0 Å². The molecule has 0 aliphatic rings. The third-order valence-electron chi connectivity index (χ3n) is 2.00. The van der Waals surface area contributed by atoms with E-state index in [4.69, 9.17) is 10.5 Å². The number of nitrogen functional groups attached to an aromatic ring is 1. The number of likely N-dealkylation sites (N-methyl/N-ethyl adjacent to an activating group) is 1. The number of nitrogens with two attached hydrogens (primary N) is 1. The predicted molar refractivity (Wildman–Crippen MR) is 59.6 cm³/mol. The maximum absolute atomic E-state index is 12.8. The van der Waals surface area contributed by atoms with Crippen LogP contribution in [0.4, 0.5) is 10.1 Å². The van der Waals surface area contributed by atoms with Crippen molar-refractivity contribution < 1.29 is 13.9 Å². The van der Waals surface area contributed by atoms with Crippen LogP contribution in [0.5, 0.6) is 0 Å². The number of anilines is 1. The minimum atomic E-state index is -0.537. The van der Waals surface area contributed by atoms with E-state index in [1.807, 2.05) is 19.0 Å². The lowest BCUT2D eigenvalue weighted by molar-refractivity contribution is 0.0482. The summed E-state index contributed by atoms with van der Waals surface area (Å²) in [5.74, 6) is -1.03. The Bertz CT molecular complexity index is 380. The fourth-order valence-electron chi connectivity index (χ4n) is 1.07. The normalized spacial score (nSPS) is 10.5. The van der Waals surface area contributed by atoms with Crippen LogP contribution in [-0.2, 0) is 4.74 Å². The highest BCUT2D eigenvalue weighted by Gasteiger charge is 2.09. The van der Waals surface area contributed by atoms with Gasteiger partial charge in [-0.3, -0.25) is 0 Å². The molecule has 0 amide bonds. The van der Waals surface area contributed by atoms with Gasteiger partial charge in [-0.1, -0.05) is 0 Å². The Kier molecular flexibility index (Phi) is 4.25. The number of carbonyl (C=O) groups is 1. The minimum Gasteiger partial charge on any atom is -0.461 e. The number of nitrogens with zero attached hydrogens (tertiary/aromatic N) is 1. The summed E-state index contributed by atoms with van der Waals surface area (Å²) in [7, 11) is 3.76. The first-order valence-corrected chi connectivity index (χ1v) is 4.87. The summed E-state index contributed by atoms with van der Waals surface area (Å²) in [4.78, 5) is 13.4. The summed E-state index contributed by atoms with van der Waals surface area (Å²) < 4.78 is 17.8. The summed E-state index contributed by atoms with van der Waals surface area (Å²) in [6, 6.07) is 3.77. The van der Waals surface area contributed by atoms with Gasteiger partial charge in [0.15, 0.2) is 0 Å². The number of halogens is 1. The van der Waals surface area contributed by atoms with Gasteiger partial charge in [0.25, 0.3) is 0 Å². The second kappa shape index (κ2) is 5.46. The molecule has 0 spiro atoms. The maximum Gasteiger partial charge on any atom is 0.338 e. The van der Waals surface area contributed by atoms with Crippen LogP contribution < -0.4 is 5.73 Å². The first kappa shape index (κ1) is 12.4. The zero-order chi connectivity index (χ0) is 12.1. The van der Waals surface area contributed by atoms with Gasteiger partial charge in [-0.2, -0.15) is 0 Å². The van der Waals surface area contributed by atoms with E-state index in [0.717, 1.165) is 6.07 Å². The third kappa shape index (κ3) is 3.51. The Morgan fingerprint density at radius 3 is 2.75 bits per heavy atom. The average molecular weight is 226 g/mol. The molecule has 0 bridgehead atoms. The molecular weight excluding hydrogens is 211 g/mol. The van der Waals surface area contributed by atoms with Crippen LogP contribution in [0.2, 0.25) is 0 Å². The number of esters is 1. The fraction of sp³-hybridized carbons (Fsp3) is 0.364. The molecule has 1 rings (SSSR count). The predicted octanol–water partition coefficient (Wildman–Crippen LogP) is 1.13. The van der Waals surface area contributed by atoms with Crippen molar-refractivity contribution in [2.24, 2.45) is 0 Å². The van der Waals surface area contributed by atoms with Crippen molar-refractivity contribution in [3.8, 4) is 0 Å². The Labute approximate surface area is 93.8 Å². The van der Waals surface area contributed by atoms with E-state index in [-0.39, 0.29) is 11.3 Å². The van der Waals surface area contributed by atoms with Gasteiger partial charge in [0.05, 0.1) is 11.3 Å². The summed E-state index contributed by atoms with van der Waals surface area (Å²) >= 11 is 0. The van der Waals surface area contributed by atoms with Crippen LogP contribution in [0.3, 0.4) is 0 Å². The van der Waals surface area contributed by atoms with Crippen LogP contribution in [0.25, 0.3) is 0 Å². The molecule has 0 heterocycles. The van der Waals surface area contributed by atoms with E-state index in [1.54, 1.807) is 0 Å².